The molecule has 0 aliphatic heterocycles. The number of nitrogens with zero attached hydrogens (tertiary/aromatic N) is 1. The van der Waals surface area contributed by atoms with Crippen molar-refractivity contribution in [1.29, 1.82) is 5.26 Å². The van der Waals surface area contributed by atoms with E-state index in [4.69, 9.17) is 0 Å². The van der Waals surface area contributed by atoms with Crippen LogP contribution in [0.2, 0.25) is 0 Å². The Morgan fingerprint density at radius 1 is 1.08 bits per heavy atom. The molecule has 0 aliphatic carbocycles. The zero-order chi connectivity index (χ0) is 18.9. The first-order valence-corrected chi connectivity index (χ1v) is 8.31. The van der Waals surface area contributed by atoms with Gasteiger partial charge in [-0.25, -0.2) is 0 Å². The third-order valence-electron chi connectivity index (χ3n) is 3.84. The number of anilines is 1. The molecule has 1 amide bonds. The number of Topliss-reactive ketones (excluding diaryl/α,β-unsaturated/α-hetero) is 1. The van der Waals surface area contributed by atoms with Gasteiger partial charge in [-0.05, 0) is 50.1 Å². The van der Waals surface area contributed by atoms with E-state index in [-0.39, 0.29) is 11.4 Å². The van der Waals surface area contributed by atoms with Gasteiger partial charge in [0, 0.05) is 24.0 Å². The number of amides is 1. The second kappa shape index (κ2) is 9.19. The molecule has 0 atom stereocenters. The summed E-state index contributed by atoms with van der Waals surface area (Å²) in [6.45, 7) is 4.14. The Labute approximate surface area is 153 Å². The van der Waals surface area contributed by atoms with Crippen molar-refractivity contribution in [2.75, 3.05) is 11.9 Å². The van der Waals surface area contributed by atoms with Crippen LogP contribution in [0, 0.1) is 18.3 Å². The lowest BCUT2D eigenvalue weighted by Gasteiger charge is -2.06. The third kappa shape index (κ3) is 5.60. The van der Waals surface area contributed by atoms with E-state index in [0.29, 0.717) is 17.8 Å². The molecular formula is C21H21N3O2. The standard InChI is InChI=1S/C21H21N3O2/c1-15-3-5-17(6-4-15)11-12-23-14-19(13-22)21(26)24-20-9-7-18(8-10-20)16(2)25/h3-10,14,23H,11-12H2,1-2H3,(H,24,26)/b19-14-. The van der Waals surface area contributed by atoms with E-state index in [1.807, 2.05) is 13.0 Å². The van der Waals surface area contributed by atoms with Gasteiger partial charge in [0.05, 0.1) is 0 Å². The van der Waals surface area contributed by atoms with Crippen LogP contribution in [-0.2, 0) is 11.2 Å². The maximum atomic E-state index is 12.2. The molecule has 0 saturated heterocycles. The molecule has 0 fully saturated rings. The summed E-state index contributed by atoms with van der Waals surface area (Å²) in [6, 6.07) is 16.6. The van der Waals surface area contributed by atoms with E-state index < -0.39 is 5.91 Å². The maximum absolute atomic E-state index is 12.2. The first-order valence-electron chi connectivity index (χ1n) is 8.31. The first-order chi connectivity index (χ1) is 12.5. The minimum Gasteiger partial charge on any atom is -0.389 e. The van der Waals surface area contributed by atoms with E-state index >= 15 is 0 Å². The number of benzene rings is 2. The fourth-order valence-electron chi connectivity index (χ4n) is 2.28. The highest BCUT2D eigenvalue weighted by molar-refractivity contribution is 6.06. The molecular weight excluding hydrogens is 326 g/mol. The fourth-order valence-corrected chi connectivity index (χ4v) is 2.28. The second-order valence-corrected chi connectivity index (χ2v) is 5.95. The topological polar surface area (TPSA) is 82.0 Å². The van der Waals surface area contributed by atoms with Crippen LogP contribution < -0.4 is 10.6 Å². The van der Waals surface area contributed by atoms with Crippen LogP contribution in [0.25, 0.3) is 0 Å². The summed E-state index contributed by atoms with van der Waals surface area (Å²) in [7, 11) is 0. The molecule has 26 heavy (non-hydrogen) atoms. The quantitative estimate of drug-likeness (QED) is 0.348. The normalized spacial score (nSPS) is 10.7. The molecule has 0 spiro atoms. The van der Waals surface area contributed by atoms with Gasteiger partial charge in [-0.15, -0.1) is 0 Å². The van der Waals surface area contributed by atoms with Gasteiger partial charge in [-0.3, -0.25) is 9.59 Å². The molecule has 2 aromatic rings. The highest BCUT2D eigenvalue weighted by atomic mass is 16.1. The zero-order valence-corrected chi connectivity index (χ0v) is 14.9. The number of carbonyl (C=O) groups excluding carboxylic acids is 2. The molecule has 0 aliphatic rings. The van der Waals surface area contributed by atoms with E-state index in [0.717, 1.165) is 6.42 Å². The number of carbonyl (C=O) groups is 2. The van der Waals surface area contributed by atoms with Crippen molar-refractivity contribution in [3.05, 3.63) is 77.0 Å². The van der Waals surface area contributed by atoms with Crippen LogP contribution in [0.4, 0.5) is 5.69 Å². The Balaban J connectivity index is 1.88. The van der Waals surface area contributed by atoms with Crippen molar-refractivity contribution in [2.24, 2.45) is 0 Å². The number of ketones is 1. The number of rotatable bonds is 7. The van der Waals surface area contributed by atoms with Crippen LogP contribution in [-0.4, -0.2) is 18.2 Å². The third-order valence-corrected chi connectivity index (χ3v) is 3.84. The van der Waals surface area contributed by atoms with Crippen LogP contribution in [0.5, 0.6) is 0 Å². The predicted molar refractivity (Wildman–Crippen MR) is 102 cm³/mol. The SMILES string of the molecule is CC(=O)c1ccc(NC(=O)/C(C#N)=C\NCCc2ccc(C)cc2)cc1. The van der Waals surface area contributed by atoms with Crippen LogP contribution >= 0.6 is 0 Å². The van der Waals surface area contributed by atoms with Gasteiger partial charge in [0.15, 0.2) is 5.78 Å². The molecule has 0 saturated carbocycles. The van der Waals surface area contributed by atoms with Gasteiger partial charge in [-0.1, -0.05) is 29.8 Å². The predicted octanol–water partition coefficient (Wildman–Crippen LogP) is 3.38. The molecule has 5 nitrogen and oxygen atoms in total. The summed E-state index contributed by atoms with van der Waals surface area (Å²) in [6.07, 6.45) is 2.22. The summed E-state index contributed by atoms with van der Waals surface area (Å²) in [5, 5.41) is 14.8. The molecule has 0 radical (unpaired) electrons. The van der Waals surface area contributed by atoms with Crippen molar-refractivity contribution in [1.82, 2.24) is 5.32 Å². The van der Waals surface area contributed by atoms with Crippen molar-refractivity contribution in [2.45, 2.75) is 20.3 Å². The molecule has 132 valence electrons. The lowest BCUT2D eigenvalue weighted by atomic mass is 10.1. The molecule has 2 aromatic carbocycles. The minimum atomic E-state index is -0.495. The molecule has 0 unspecified atom stereocenters. The molecule has 0 bridgehead atoms. The zero-order valence-electron chi connectivity index (χ0n) is 14.9. The average Bonchev–Trinajstić information content (AvgIpc) is 2.63. The highest BCUT2D eigenvalue weighted by Gasteiger charge is 2.09. The molecule has 0 aromatic heterocycles. The van der Waals surface area contributed by atoms with Crippen LogP contribution in [0.1, 0.15) is 28.4 Å². The lowest BCUT2D eigenvalue weighted by molar-refractivity contribution is -0.112. The van der Waals surface area contributed by atoms with Gasteiger partial charge < -0.3 is 10.6 Å². The smallest absolute Gasteiger partial charge is 0.267 e. The molecule has 0 heterocycles. The second-order valence-electron chi connectivity index (χ2n) is 5.95. The average molecular weight is 347 g/mol. The summed E-state index contributed by atoms with van der Waals surface area (Å²) in [4.78, 5) is 23.4. The Morgan fingerprint density at radius 3 is 2.31 bits per heavy atom. The minimum absolute atomic E-state index is 0.00968. The van der Waals surface area contributed by atoms with Gasteiger partial charge in [0.2, 0.25) is 0 Å². The van der Waals surface area contributed by atoms with Gasteiger partial charge in [0.25, 0.3) is 5.91 Å². The van der Waals surface area contributed by atoms with Crippen molar-refractivity contribution in [3.63, 3.8) is 0 Å². The van der Waals surface area contributed by atoms with Crippen molar-refractivity contribution >= 4 is 17.4 Å². The monoisotopic (exact) mass is 347 g/mol. The maximum Gasteiger partial charge on any atom is 0.267 e. The van der Waals surface area contributed by atoms with Gasteiger partial charge >= 0.3 is 0 Å². The van der Waals surface area contributed by atoms with E-state index in [2.05, 4.69) is 34.9 Å². The fraction of sp³-hybridized carbons (Fsp3) is 0.190. The van der Waals surface area contributed by atoms with Gasteiger partial charge in [0.1, 0.15) is 11.6 Å². The summed E-state index contributed by atoms with van der Waals surface area (Å²) < 4.78 is 0. The van der Waals surface area contributed by atoms with Crippen molar-refractivity contribution < 1.29 is 9.59 Å². The Hall–Kier alpha value is -3.39. The number of nitrogens with one attached hydrogen (secondary N) is 2. The Bertz CT molecular complexity index is 844. The van der Waals surface area contributed by atoms with E-state index in [1.54, 1.807) is 24.3 Å². The number of hydrogen-bond donors (Lipinski definition) is 2. The van der Waals surface area contributed by atoms with Crippen LogP contribution in [0.3, 0.4) is 0 Å². The summed E-state index contributed by atoms with van der Waals surface area (Å²) in [5.41, 5.74) is 3.48. The summed E-state index contributed by atoms with van der Waals surface area (Å²) >= 11 is 0. The largest absolute Gasteiger partial charge is 0.389 e. The van der Waals surface area contributed by atoms with Crippen LogP contribution in [0.15, 0.2) is 60.3 Å². The summed E-state index contributed by atoms with van der Waals surface area (Å²) in [5.74, 6) is -0.538. The highest BCUT2D eigenvalue weighted by Crippen LogP contribution is 2.11. The van der Waals surface area contributed by atoms with E-state index in [9.17, 15) is 14.9 Å². The molecule has 5 heteroatoms. The Morgan fingerprint density at radius 2 is 1.73 bits per heavy atom. The lowest BCUT2D eigenvalue weighted by Crippen LogP contribution is -2.18. The number of nitriles is 1. The number of hydrogen-bond acceptors (Lipinski definition) is 4. The van der Waals surface area contributed by atoms with Crippen molar-refractivity contribution in [3.8, 4) is 6.07 Å². The number of aryl methyl sites for hydroxylation is 1. The van der Waals surface area contributed by atoms with Gasteiger partial charge in [-0.2, -0.15) is 5.26 Å². The van der Waals surface area contributed by atoms with E-state index in [1.165, 1.54) is 24.3 Å². The molecule has 2 rings (SSSR count). The molecule has 2 N–H and O–H groups in total. The Kier molecular flexibility index (Phi) is 6.69. The first kappa shape index (κ1) is 18.9.